The van der Waals surface area contributed by atoms with E-state index in [1.165, 1.54) is 44.9 Å². The maximum absolute atomic E-state index is 6.07. The predicted octanol–water partition coefficient (Wildman–Crippen LogP) is 3.33. The van der Waals surface area contributed by atoms with Crippen LogP contribution in [0.3, 0.4) is 0 Å². The Kier molecular flexibility index (Phi) is 4.79. The minimum Gasteiger partial charge on any atom is -0.328 e. The smallest absolute Gasteiger partial charge is 0.00415 e. The van der Waals surface area contributed by atoms with E-state index in [1.54, 1.807) is 0 Å². The Balaban J connectivity index is 2.45. The molecule has 1 aliphatic rings. The van der Waals surface area contributed by atoms with Crippen LogP contribution in [0.5, 0.6) is 0 Å². The van der Waals surface area contributed by atoms with E-state index >= 15 is 0 Å². The molecule has 0 saturated heterocycles. The molecule has 0 aromatic heterocycles. The van der Waals surface area contributed by atoms with Gasteiger partial charge in [-0.15, -0.1) is 0 Å². The van der Waals surface area contributed by atoms with Crippen molar-refractivity contribution in [2.75, 3.05) is 0 Å². The standard InChI is InChI=1S/C12H25N/c1-3-10(4-2)11-7-5-6-8-12(13)9-11/h10-12H,3-9,13H2,1-2H3. The lowest BCUT2D eigenvalue weighted by atomic mass is 9.82. The fourth-order valence-electron chi connectivity index (χ4n) is 2.82. The summed E-state index contributed by atoms with van der Waals surface area (Å²) in [6, 6.07) is 0.494. The Morgan fingerprint density at radius 1 is 1.15 bits per heavy atom. The minimum atomic E-state index is 0.494. The van der Waals surface area contributed by atoms with Gasteiger partial charge in [0.25, 0.3) is 0 Å². The first-order valence-electron chi connectivity index (χ1n) is 6.03. The lowest BCUT2D eigenvalue weighted by Gasteiger charge is -2.25. The molecule has 1 fully saturated rings. The Morgan fingerprint density at radius 3 is 2.38 bits per heavy atom. The third-order valence-corrected chi connectivity index (χ3v) is 3.72. The number of rotatable bonds is 3. The zero-order valence-corrected chi connectivity index (χ0v) is 9.26. The van der Waals surface area contributed by atoms with Crippen LogP contribution in [0, 0.1) is 11.8 Å². The summed E-state index contributed by atoms with van der Waals surface area (Å²) in [5, 5.41) is 0. The summed E-state index contributed by atoms with van der Waals surface area (Å²) in [6.07, 6.45) is 9.43. The van der Waals surface area contributed by atoms with Gasteiger partial charge in [0, 0.05) is 6.04 Å². The van der Waals surface area contributed by atoms with Crippen LogP contribution in [0.15, 0.2) is 0 Å². The zero-order valence-electron chi connectivity index (χ0n) is 9.26. The molecule has 1 aliphatic carbocycles. The number of hydrogen-bond acceptors (Lipinski definition) is 1. The van der Waals surface area contributed by atoms with Crippen LogP contribution in [0.1, 0.15) is 58.8 Å². The van der Waals surface area contributed by atoms with Crippen molar-refractivity contribution in [3.8, 4) is 0 Å². The summed E-state index contributed by atoms with van der Waals surface area (Å²) in [6.45, 7) is 4.65. The Labute approximate surface area is 83.1 Å². The normalized spacial score (nSPS) is 30.5. The van der Waals surface area contributed by atoms with Crippen molar-refractivity contribution in [3.05, 3.63) is 0 Å². The van der Waals surface area contributed by atoms with Gasteiger partial charge in [0.15, 0.2) is 0 Å². The highest BCUT2D eigenvalue weighted by Crippen LogP contribution is 2.31. The SMILES string of the molecule is CCC(CC)C1CCCCC(N)C1. The molecule has 0 bridgehead atoms. The summed E-state index contributed by atoms with van der Waals surface area (Å²) in [7, 11) is 0. The molecule has 2 unspecified atom stereocenters. The second-order valence-corrected chi connectivity index (χ2v) is 4.62. The molecule has 1 heteroatoms. The van der Waals surface area contributed by atoms with Gasteiger partial charge in [-0.2, -0.15) is 0 Å². The minimum absolute atomic E-state index is 0.494. The van der Waals surface area contributed by atoms with E-state index in [1.807, 2.05) is 0 Å². The first kappa shape index (κ1) is 11.0. The lowest BCUT2D eigenvalue weighted by Crippen LogP contribution is -2.24. The van der Waals surface area contributed by atoms with Crippen molar-refractivity contribution in [3.63, 3.8) is 0 Å². The van der Waals surface area contributed by atoms with Crippen LogP contribution in [0.25, 0.3) is 0 Å². The monoisotopic (exact) mass is 183 g/mol. The van der Waals surface area contributed by atoms with E-state index < -0.39 is 0 Å². The lowest BCUT2D eigenvalue weighted by molar-refractivity contribution is 0.272. The molecule has 1 rings (SSSR count). The Bertz CT molecular complexity index is 129. The fraction of sp³-hybridized carbons (Fsp3) is 1.00. The average Bonchev–Trinajstić information content (AvgIpc) is 2.32. The molecular weight excluding hydrogens is 158 g/mol. The van der Waals surface area contributed by atoms with Crippen molar-refractivity contribution in [2.45, 2.75) is 64.8 Å². The zero-order chi connectivity index (χ0) is 9.68. The molecule has 78 valence electrons. The molecule has 0 spiro atoms. The van der Waals surface area contributed by atoms with Crippen LogP contribution in [-0.2, 0) is 0 Å². The van der Waals surface area contributed by atoms with Crippen molar-refractivity contribution in [1.82, 2.24) is 0 Å². The number of hydrogen-bond donors (Lipinski definition) is 1. The van der Waals surface area contributed by atoms with Gasteiger partial charge in [-0.1, -0.05) is 46.0 Å². The van der Waals surface area contributed by atoms with E-state index in [0.717, 1.165) is 11.8 Å². The van der Waals surface area contributed by atoms with Crippen LogP contribution in [0.4, 0.5) is 0 Å². The van der Waals surface area contributed by atoms with Gasteiger partial charge in [0.2, 0.25) is 0 Å². The van der Waals surface area contributed by atoms with Crippen molar-refractivity contribution in [2.24, 2.45) is 17.6 Å². The van der Waals surface area contributed by atoms with Crippen LogP contribution < -0.4 is 5.73 Å². The van der Waals surface area contributed by atoms with E-state index in [4.69, 9.17) is 5.73 Å². The van der Waals surface area contributed by atoms with E-state index in [9.17, 15) is 0 Å². The van der Waals surface area contributed by atoms with E-state index in [0.29, 0.717) is 6.04 Å². The average molecular weight is 183 g/mol. The molecule has 0 heterocycles. The first-order valence-corrected chi connectivity index (χ1v) is 6.03. The molecule has 0 aliphatic heterocycles. The second-order valence-electron chi connectivity index (χ2n) is 4.62. The highest BCUT2D eigenvalue weighted by Gasteiger charge is 2.22. The first-order chi connectivity index (χ1) is 6.27. The topological polar surface area (TPSA) is 26.0 Å². The third-order valence-electron chi connectivity index (χ3n) is 3.72. The fourth-order valence-corrected chi connectivity index (χ4v) is 2.82. The summed E-state index contributed by atoms with van der Waals surface area (Å²) < 4.78 is 0. The summed E-state index contributed by atoms with van der Waals surface area (Å²) in [4.78, 5) is 0. The van der Waals surface area contributed by atoms with Gasteiger partial charge < -0.3 is 5.73 Å². The molecular formula is C12H25N. The highest BCUT2D eigenvalue weighted by atomic mass is 14.6. The van der Waals surface area contributed by atoms with Crippen molar-refractivity contribution < 1.29 is 0 Å². The maximum Gasteiger partial charge on any atom is 0.00415 e. The van der Waals surface area contributed by atoms with E-state index in [2.05, 4.69) is 13.8 Å². The molecule has 2 atom stereocenters. The number of nitrogens with two attached hydrogens (primary N) is 1. The quantitative estimate of drug-likeness (QED) is 0.667. The summed E-state index contributed by atoms with van der Waals surface area (Å²) in [5.41, 5.74) is 6.07. The van der Waals surface area contributed by atoms with Gasteiger partial charge in [0.1, 0.15) is 0 Å². The predicted molar refractivity (Wildman–Crippen MR) is 58.6 cm³/mol. The molecule has 0 amide bonds. The van der Waals surface area contributed by atoms with Gasteiger partial charge in [-0.05, 0) is 24.7 Å². The molecule has 2 N–H and O–H groups in total. The third kappa shape index (κ3) is 3.30. The highest BCUT2D eigenvalue weighted by molar-refractivity contribution is 4.77. The molecule has 0 aromatic carbocycles. The van der Waals surface area contributed by atoms with Crippen LogP contribution >= 0.6 is 0 Å². The van der Waals surface area contributed by atoms with Gasteiger partial charge in [-0.3, -0.25) is 0 Å². The Hall–Kier alpha value is -0.0400. The summed E-state index contributed by atoms with van der Waals surface area (Å²) in [5.74, 6) is 1.86. The largest absolute Gasteiger partial charge is 0.328 e. The molecule has 0 aromatic rings. The Morgan fingerprint density at radius 2 is 1.77 bits per heavy atom. The van der Waals surface area contributed by atoms with Crippen LogP contribution in [0.2, 0.25) is 0 Å². The maximum atomic E-state index is 6.07. The second kappa shape index (κ2) is 5.64. The van der Waals surface area contributed by atoms with Crippen molar-refractivity contribution >= 4 is 0 Å². The molecule has 0 radical (unpaired) electrons. The van der Waals surface area contributed by atoms with Crippen molar-refractivity contribution in [1.29, 1.82) is 0 Å². The van der Waals surface area contributed by atoms with Crippen LogP contribution in [-0.4, -0.2) is 6.04 Å². The summed E-state index contributed by atoms with van der Waals surface area (Å²) >= 11 is 0. The molecule has 1 saturated carbocycles. The van der Waals surface area contributed by atoms with E-state index in [-0.39, 0.29) is 0 Å². The molecule has 13 heavy (non-hydrogen) atoms. The van der Waals surface area contributed by atoms with Gasteiger partial charge in [0.05, 0.1) is 0 Å². The van der Waals surface area contributed by atoms with Gasteiger partial charge >= 0.3 is 0 Å². The molecule has 1 nitrogen and oxygen atoms in total. The van der Waals surface area contributed by atoms with Gasteiger partial charge in [-0.25, -0.2) is 0 Å².